The molecule has 2 aliphatic rings. The van der Waals surface area contributed by atoms with E-state index >= 15 is 0 Å². The number of imidazole rings is 1. The zero-order chi connectivity index (χ0) is 15.9. The predicted molar refractivity (Wildman–Crippen MR) is 96.3 cm³/mol. The van der Waals surface area contributed by atoms with Crippen LogP contribution in [0.5, 0.6) is 0 Å². The van der Waals surface area contributed by atoms with E-state index in [4.69, 9.17) is 4.98 Å². The van der Waals surface area contributed by atoms with Gasteiger partial charge in [-0.05, 0) is 30.7 Å². The maximum absolute atomic E-state index is 4.93. The Morgan fingerprint density at radius 2 is 1.83 bits per heavy atom. The van der Waals surface area contributed by atoms with Crippen molar-refractivity contribution in [3.8, 4) is 0 Å². The van der Waals surface area contributed by atoms with E-state index in [-0.39, 0.29) is 0 Å². The molecule has 24 heavy (non-hydrogen) atoms. The fourth-order valence-electron chi connectivity index (χ4n) is 4.89. The molecule has 0 aromatic carbocycles. The number of rotatable bonds is 3. The quantitative estimate of drug-likeness (QED) is 0.738. The highest BCUT2D eigenvalue weighted by molar-refractivity contribution is 5.78. The van der Waals surface area contributed by atoms with Gasteiger partial charge < -0.3 is 4.98 Å². The Morgan fingerprint density at radius 3 is 2.67 bits per heavy atom. The van der Waals surface area contributed by atoms with Gasteiger partial charge in [0.15, 0.2) is 11.3 Å². The van der Waals surface area contributed by atoms with E-state index in [1.165, 1.54) is 81.0 Å². The third-order valence-corrected chi connectivity index (χ3v) is 6.22. The summed E-state index contributed by atoms with van der Waals surface area (Å²) < 4.78 is 2.30. The van der Waals surface area contributed by atoms with Crippen molar-refractivity contribution in [1.29, 1.82) is 0 Å². The summed E-state index contributed by atoms with van der Waals surface area (Å²) in [6, 6.07) is 0. The molecule has 0 atom stereocenters. The maximum Gasteiger partial charge on any atom is 0.156 e. The van der Waals surface area contributed by atoms with Gasteiger partial charge in [-0.1, -0.05) is 44.9 Å². The summed E-state index contributed by atoms with van der Waals surface area (Å²) in [5.41, 5.74) is 5.96. The fraction of sp³-hybridized carbons (Fsp3) is 0.600. The van der Waals surface area contributed by atoms with Gasteiger partial charge in [-0.2, -0.15) is 0 Å². The number of fused-ring (bicyclic) bond motifs is 3. The van der Waals surface area contributed by atoms with Gasteiger partial charge >= 0.3 is 0 Å². The monoisotopic (exact) mass is 322 g/mol. The lowest BCUT2D eigenvalue weighted by atomic mass is 9.87. The van der Waals surface area contributed by atoms with Gasteiger partial charge in [-0.15, -0.1) is 0 Å². The molecule has 0 spiro atoms. The zero-order valence-electron chi connectivity index (χ0n) is 14.3. The average Bonchev–Trinajstić information content (AvgIpc) is 3.34. The fourth-order valence-corrected chi connectivity index (χ4v) is 4.89. The predicted octanol–water partition coefficient (Wildman–Crippen LogP) is 4.99. The van der Waals surface area contributed by atoms with Crippen LogP contribution in [-0.4, -0.2) is 19.4 Å². The summed E-state index contributed by atoms with van der Waals surface area (Å²) in [5.74, 6) is 1.49. The lowest BCUT2D eigenvalue weighted by Crippen LogP contribution is -2.04. The number of nitrogens with zero attached hydrogens (tertiary/aromatic N) is 3. The molecule has 3 aromatic heterocycles. The van der Waals surface area contributed by atoms with Crippen LogP contribution in [0.25, 0.3) is 16.8 Å². The second-order valence-electron chi connectivity index (χ2n) is 7.85. The van der Waals surface area contributed by atoms with Gasteiger partial charge in [0, 0.05) is 18.3 Å². The second kappa shape index (κ2) is 5.91. The van der Waals surface area contributed by atoms with Crippen LogP contribution in [-0.2, 0) is 6.42 Å². The molecular weight excluding hydrogens is 296 g/mol. The minimum atomic E-state index is 0.644. The Kier molecular flexibility index (Phi) is 3.57. The van der Waals surface area contributed by atoms with Crippen molar-refractivity contribution in [3.63, 3.8) is 0 Å². The summed E-state index contributed by atoms with van der Waals surface area (Å²) in [6.45, 7) is 0. The van der Waals surface area contributed by atoms with Crippen LogP contribution in [0.1, 0.15) is 75.0 Å². The Morgan fingerprint density at radius 1 is 1.04 bits per heavy atom. The van der Waals surface area contributed by atoms with E-state index in [0.29, 0.717) is 5.92 Å². The molecule has 0 amide bonds. The topological polar surface area (TPSA) is 46.0 Å². The first-order chi connectivity index (χ1) is 11.9. The molecule has 3 aromatic rings. The van der Waals surface area contributed by atoms with Crippen molar-refractivity contribution in [2.75, 3.05) is 0 Å². The summed E-state index contributed by atoms with van der Waals surface area (Å²) in [4.78, 5) is 12.9. The third kappa shape index (κ3) is 2.43. The van der Waals surface area contributed by atoms with Crippen molar-refractivity contribution in [3.05, 3.63) is 29.8 Å². The van der Waals surface area contributed by atoms with Crippen LogP contribution in [0.2, 0.25) is 0 Å². The van der Waals surface area contributed by atoms with Crippen molar-refractivity contribution >= 4 is 16.8 Å². The summed E-state index contributed by atoms with van der Waals surface area (Å²) in [7, 11) is 0. The van der Waals surface area contributed by atoms with Gasteiger partial charge in [0.05, 0.1) is 17.4 Å². The number of hydrogen-bond acceptors (Lipinski definition) is 2. The highest BCUT2D eigenvalue weighted by atomic mass is 15.1. The van der Waals surface area contributed by atoms with E-state index in [1.54, 1.807) is 0 Å². The smallest absolute Gasteiger partial charge is 0.156 e. The Bertz CT molecular complexity index is 847. The standard InChI is InChI=1S/C20H26N4/c1-2-8-15(9-3-1)17-13-24-18(23-17)12-22-20-19(24)16(11-21-20)10-14-6-4-5-7-14/h11-15,21H,1-10H2. The van der Waals surface area contributed by atoms with Crippen LogP contribution < -0.4 is 0 Å². The van der Waals surface area contributed by atoms with E-state index in [0.717, 1.165) is 17.2 Å². The lowest BCUT2D eigenvalue weighted by molar-refractivity contribution is 0.438. The van der Waals surface area contributed by atoms with E-state index < -0.39 is 0 Å². The molecule has 4 nitrogen and oxygen atoms in total. The number of H-pyrrole nitrogens is 1. The van der Waals surface area contributed by atoms with Crippen molar-refractivity contribution in [2.24, 2.45) is 5.92 Å². The van der Waals surface area contributed by atoms with Crippen LogP contribution >= 0.6 is 0 Å². The molecule has 126 valence electrons. The van der Waals surface area contributed by atoms with Gasteiger partial charge in [-0.3, -0.25) is 4.40 Å². The van der Waals surface area contributed by atoms with Crippen molar-refractivity contribution in [1.82, 2.24) is 19.4 Å². The van der Waals surface area contributed by atoms with E-state index in [9.17, 15) is 0 Å². The van der Waals surface area contributed by atoms with Crippen LogP contribution in [0.15, 0.2) is 18.6 Å². The molecule has 5 rings (SSSR count). The van der Waals surface area contributed by atoms with E-state index in [1.807, 2.05) is 6.20 Å². The zero-order valence-corrected chi connectivity index (χ0v) is 14.3. The third-order valence-electron chi connectivity index (χ3n) is 6.22. The van der Waals surface area contributed by atoms with Crippen LogP contribution in [0, 0.1) is 5.92 Å². The average molecular weight is 322 g/mol. The molecule has 3 heterocycles. The molecule has 0 saturated heterocycles. The summed E-state index contributed by atoms with van der Waals surface area (Å²) in [6.07, 6.45) is 19.8. The van der Waals surface area contributed by atoms with Crippen molar-refractivity contribution in [2.45, 2.75) is 70.1 Å². The van der Waals surface area contributed by atoms with Gasteiger partial charge in [0.25, 0.3) is 0 Å². The minimum Gasteiger partial charge on any atom is -0.345 e. The highest BCUT2D eigenvalue weighted by Gasteiger charge is 2.21. The molecule has 2 fully saturated rings. The van der Waals surface area contributed by atoms with Gasteiger partial charge in [0.1, 0.15) is 0 Å². The molecule has 4 heteroatoms. The number of aromatic nitrogens is 4. The van der Waals surface area contributed by atoms with Crippen molar-refractivity contribution < 1.29 is 0 Å². The van der Waals surface area contributed by atoms with Crippen LogP contribution in [0.4, 0.5) is 0 Å². The summed E-state index contributed by atoms with van der Waals surface area (Å²) >= 11 is 0. The SMILES string of the molecule is c1[nH]c2ncc3nc(C4CCCCC4)cn3c2c1CC1CCCC1. The Balaban J connectivity index is 1.57. The number of aromatic amines is 1. The highest BCUT2D eigenvalue weighted by Crippen LogP contribution is 2.34. The molecular formula is C20H26N4. The first-order valence-corrected chi connectivity index (χ1v) is 9.72. The lowest BCUT2D eigenvalue weighted by Gasteiger charge is -2.19. The first kappa shape index (κ1) is 14.5. The van der Waals surface area contributed by atoms with Crippen LogP contribution in [0.3, 0.4) is 0 Å². The molecule has 0 aliphatic heterocycles. The Hall–Kier alpha value is -1.84. The van der Waals surface area contributed by atoms with E-state index in [2.05, 4.69) is 26.8 Å². The molecule has 1 N–H and O–H groups in total. The second-order valence-corrected chi connectivity index (χ2v) is 7.85. The largest absolute Gasteiger partial charge is 0.345 e. The summed E-state index contributed by atoms with van der Waals surface area (Å²) in [5, 5.41) is 0. The molecule has 0 unspecified atom stereocenters. The number of hydrogen-bond donors (Lipinski definition) is 1. The Labute approximate surface area is 142 Å². The molecule has 2 aliphatic carbocycles. The molecule has 0 bridgehead atoms. The van der Waals surface area contributed by atoms with Gasteiger partial charge in [0.2, 0.25) is 0 Å². The maximum atomic E-state index is 4.93. The molecule has 2 saturated carbocycles. The van der Waals surface area contributed by atoms with Gasteiger partial charge in [-0.25, -0.2) is 9.97 Å². The normalized spacial score (nSPS) is 20.5. The first-order valence-electron chi connectivity index (χ1n) is 9.72. The molecule has 0 radical (unpaired) electrons. The minimum absolute atomic E-state index is 0.644. The number of nitrogens with one attached hydrogen (secondary N) is 1.